The highest BCUT2D eigenvalue weighted by Gasteiger charge is 2.06. The molecular weight excluding hydrogens is 170 g/mol. The van der Waals surface area contributed by atoms with Gasteiger partial charge in [-0.3, -0.25) is 0 Å². The Bertz CT molecular complexity index is 209. The second-order valence-corrected chi connectivity index (χ2v) is 2.41. The summed E-state index contributed by atoms with van der Waals surface area (Å²) >= 11 is 0. The minimum absolute atomic E-state index is 0.0203. The molecule has 3 N–H and O–H groups in total. The molecule has 0 rings (SSSR count). The molecule has 0 radical (unpaired) electrons. The normalized spacial score (nSPS) is 12.1. The van der Waals surface area contributed by atoms with Crippen LogP contribution in [0.1, 0.15) is 19.8 Å². The van der Waals surface area contributed by atoms with Crippen molar-refractivity contribution in [2.75, 3.05) is 6.61 Å². The SMILES string of the molecule is C/C=C(\CC/C=C/CO)C(=O)ON. The summed E-state index contributed by atoms with van der Waals surface area (Å²) in [5.41, 5.74) is 0.546. The predicted octanol–water partition coefficient (Wildman–Crippen LogP) is 0.678. The van der Waals surface area contributed by atoms with Crippen molar-refractivity contribution in [1.29, 1.82) is 0 Å². The van der Waals surface area contributed by atoms with Gasteiger partial charge in [0.05, 0.1) is 6.61 Å². The van der Waals surface area contributed by atoms with Gasteiger partial charge in [-0.1, -0.05) is 18.2 Å². The number of rotatable bonds is 5. The number of allylic oxidation sites excluding steroid dienone is 2. The summed E-state index contributed by atoms with van der Waals surface area (Å²) in [4.78, 5) is 15.0. The van der Waals surface area contributed by atoms with Crippen LogP contribution < -0.4 is 5.90 Å². The van der Waals surface area contributed by atoms with Crippen LogP contribution in [0.15, 0.2) is 23.8 Å². The minimum Gasteiger partial charge on any atom is -0.392 e. The summed E-state index contributed by atoms with van der Waals surface area (Å²) in [6.45, 7) is 1.77. The van der Waals surface area contributed by atoms with Gasteiger partial charge in [0.25, 0.3) is 0 Å². The third-order valence-electron chi connectivity index (χ3n) is 1.57. The molecule has 0 fully saturated rings. The molecule has 13 heavy (non-hydrogen) atoms. The molecule has 0 aromatic carbocycles. The minimum atomic E-state index is -0.500. The van der Waals surface area contributed by atoms with Crippen molar-refractivity contribution in [1.82, 2.24) is 0 Å². The van der Waals surface area contributed by atoms with Gasteiger partial charge in [-0.05, 0) is 19.8 Å². The Labute approximate surface area is 77.6 Å². The molecule has 0 aliphatic heterocycles. The van der Waals surface area contributed by atoms with E-state index in [1.165, 1.54) is 0 Å². The fourth-order valence-corrected chi connectivity index (χ4v) is 0.871. The highest BCUT2D eigenvalue weighted by Crippen LogP contribution is 2.06. The van der Waals surface area contributed by atoms with E-state index in [0.717, 1.165) is 0 Å². The van der Waals surface area contributed by atoms with Crippen molar-refractivity contribution in [3.05, 3.63) is 23.8 Å². The summed E-state index contributed by atoms with van der Waals surface area (Å²) in [5.74, 6) is 4.23. The smallest absolute Gasteiger partial charge is 0.352 e. The lowest BCUT2D eigenvalue weighted by atomic mass is 10.1. The maximum Gasteiger partial charge on any atom is 0.352 e. The number of nitrogens with two attached hydrogens (primary N) is 1. The van der Waals surface area contributed by atoms with E-state index in [1.807, 2.05) is 0 Å². The monoisotopic (exact) mass is 185 g/mol. The fraction of sp³-hybridized carbons (Fsp3) is 0.444. The van der Waals surface area contributed by atoms with Crippen LogP contribution in [0.5, 0.6) is 0 Å². The predicted molar refractivity (Wildman–Crippen MR) is 49.5 cm³/mol. The van der Waals surface area contributed by atoms with Gasteiger partial charge in [-0.25, -0.2) is 4.79 Å². The molecule has 0 saturated heterocycles. The van der Waals surface area contributed by atoms with Crippen molar-refractivity contribution in [2.45, 2.75) is 19.8 Å². The van der Waals surface area contributed by atoms with E-state index in [9.17, 15) is 4.79 Å². The largest absolute Gasteiger partial charge is 0.392 e. The third kappa shape index (κ3) is 5.16. The zero-order valence-corrected chi connectivity index (χ0v) is 7.69. The van der Waals surface area contributed by atoms with Gasteiger partial charge in [0, 0.05) is 5.57 Å². The molecule has 0 bridgehead atoms. The van der Waals surface area contributed by atoms with Gasteiger partial charge >= 0.3 is 5.97 Å². The molecule has 4 nitrogen and oxygen atoms in total. The lowest BCUT2D eigenvalue weighted by Crippen LogP contribution is -2.12. The van der Waals surface area contributed by atoms with Gasteiger partial charge in [-0.2, -0.15) is 5.90 Å². The highest BCUT2D eigenvalue weighted by atomic mass is 16.7. The lowest BCUT2D eigenvalue weighted by Gasteiger charge is -2.00. The summed E-state index contributed by atoms with van der Waals surface area (Å²) < 4.78 is 0. The molecule has 0 aliphatic carbocycles. The summed E-state index contributed by atoms with van der Waals surface area (Å²) in [7, 11) is 0. The molecule has 0 amide bonds. The second kappa shape index (κ2) is 7.52. The molecule has 0 unspecified atom stereocenters. The van der Waals surface area contributed by atoms with E-state index < -0.39 is 5.97 Å². The molecule has 0 aliphatic rings. The maximum absolute atomic E-state index is 10.9. The molecule has 0 aromatic rings. The summed E-state index contributed by atoms with van der Waals surface area (Å²) in [6, 6.07) is 0. The van der Waals surface area contributed by atoms with Crippen molar-refractivity contribution in [2.24, 2.45) is 5.90 Å². The van der Waals surface area contributed by atoms with Crippen molar-refractivity contribution in [3.8, 4) is 0 Å². The Morgan fingerprint density at radius 3 is 2.69 bits per heavy atom. The van der Waals surface area contributed by atoms with Gasteiger partial charge in [0.15, 0.2) is 0 Å². The molecule has 0 heterocycles. The van der Waals surface area contributed by atoms with Crippen LogP contribution in [-0.4, -0.2) is 17.7 Å². The van der Waals surface area contributed by atoms with Crippen LogP contribution in [0, 0.1) is 0 Å². The van der Waals surface area contributed by atoms with E-state index in [2.05, 4.69) is 4.84 Å². The first-order valence-corrected chi connectivity index (χ1v) is 4.08. The Hall–Kier alpha value is -1.13. The van der Waals surface area contributed by atoms with Gasteiger partial charge in [0.2, 0.25) is 0 Å². The topological polar surface area (TPSA) is 72.5 Å². The second-order valence-electron chi connectivity index (χ2n) is 2.41. The number of carbonyl (C=O) groups is 1. The summed E-state index contributed by atoms with van der Waals surface area (Å²) in [6.07, 6.45) is 6.36. The Morgan fingerprint density at radius 1 is 1.54 bits per heavy atom. The van der Waals surface area contributed by atoms with Crippen LogP contribution in [0.25, 0.3) is 0 Å². The number of aliphatic hydroxyl groups excluding tert-OH is 1. The van der Waals surface area contributed by atoms with Crippen LogP contribution in [0.3, 0.4) is 0 Å². The molecular formula is C9H15NO3. The Morgan fingerprint density at radius 2 is 2.23 bits per heavy atom. The first-order chi connectivity index (χ1) is 6.26. The number of hydrogen-bond acceptors (Lipinski definition) is 4. The molecule has 0 aromatic heterocycles. The number of aliphatic hydroxyl groups is 1. The van der Waals surface area contributed by atoms with Gasteiger partial charge in [-0.15, -0.1) is 0 Å². The molecule has 0 spiro atoms. The average molecular weight is 185 g/mol. The van der Waals surface area contributed by atoms with Crippen LogP contribution in [0.2, 0.25) is 0 Å². The first kappa shape index (κ1) is 11.9. The average Bonchev–Trinajstić information content (AvgIpc) is 2.17. The van der Waals surface area contributed by atoms with Gasteiger partial charge in [0.1, 0.15) is 0 Å². The quantitative estimate of drug-likeness (QED) is 0.375. The number of carbonyl (C=O) groups excluding carboxylic acids is 1. The lowest BCUT2D eigenvalue weighted by molar-refractivity contribution is -0.139. The van der Waals surface area contributed by atoms with E-state index in [0.29, 0.717) is 18.4 Å². The van der Waals surface area contributed by atoms with Crippen LogP contribution in [0.4, 0.5) is 0 Å². The fourth-order valence-electron chi connectivity index (χ4n) is 0.871. The highest BCUT2D eigenvalue weighted by molar-refractivity contribution is 5.88. The Balaban J connectivity index is 3.87. The molecule has 4 heteroatoms. The molecule has 0 atom stereocenters. The zero-order valence-electron chi connectivity index (χ0n) is 7.69. The van der Waals surface area contributed by atoms with E-state index in [1.54, 1.807) is 25.2 Å². The van der Waals surface area contributed by atoms with Crippen molar-refractivity contribution < 1.29 is 14.7 Å². The van der Waals surface area contributed by atoms with Crippen LogP contribution in [-0.2, 0) is 9.63 Å². The standard InChI is InChI=1S/C9H15NO3/c1-2-8(9(12)13-10)6-4-3-5-7-11/h2-3,5,11H,4,6-7,10H2,1H3/b5-3+,8-2+. The van der Waals surface area contributed by atoms with E-state index >= 15 is 0 Å². The summed E-state index contributed by atoms with van der Waals surface area (Å²) in [5, 5.41) is 8.43. The van der Waals surface area contributed by atoms with Crippen LogP contribution >= 0.6 is 0 Å². The van der Waals surface area contributed by atoms with Crippen molar-refractivity contribution >= 4 is 5.97 Å². The zero-order chi connectivity index (χ0) is 10.1. The van der Waals surface area contributed by atoms with Crippen molar-refractivity contribution in [3.63, 3.8) is 0 Å². The third-order valence-corrected chi connectivity index (χ3v) is 1.57. The number of hydrogen-bond donors (Lipinski definition) is 2. The van der Waals surface area contributed by atoms with E-state index in [4.69, 9.17) is 11.0 Å². The Kier molecular flexibility index (Phi) is 6.86. The van der Waals surface area contributed by atoms with Gasteiger partial charge < -0.3 is 9.94 Å². The molecule has 74 valence electrons. The first-order valence-electron chi connectivity index (χ1n) is 4.08. The maximum atomic E-state index is 10.9. The molecule has 0 saturated carbocycles. The van der Waals surface area contributed by atoms with E-state index in [-0.39, 0.29) is 6.61 Å².